The van der Waals surface area contributed by atoms with Crippen LogP contribution in [0.5, 0.6) is 5.88 Å². The van der Waals surface area contributed by atoms with Crippen LogP contribution in [0, 0.1) is 6.92 Å². The molecule has 0 spiro atoms. The van der Waals surface area contributed by atoms with Crippen LogP contribution in [0.25, 0.3) is 0 Å². The fourth-order valence-electron chi connectivity index (χ4n) is 1.90. The largest absolute Gasteiger partial charge is 0.475 e. The van der Waals surface area contributed by atoms with Gasteiger partial charge in [0.2, 0.25) is 5.88 Å². The van der Waals surface area contributed by atoms with Crippen molar-refractivity contribution in [2.75, 3.05) is 40.1 Å². The standard InChI is InChI=1S/C16H28N2O3/c1-4-6-17-13-15-11-14(2)18-16(12-15)21-10-9-20-8-5-7-19-3/h11-12,17H,4-10,13H2,1-3H3. The number of ether oxygens (including phenoxy) is 3. The summed E-state index contributed by atoms with van der Waals surface area (Å²) in [5.41, 5.74) is 2.17. The third-order valence-corrected chi connectivity index (χ3v) is 2.86. The lowest BCUT2D eigenvalue weighted by Crippen LogP contribution is -2.14. The van der Waals surface area contributed by atoms with E-state index in [2.05, 4.69) is 23.3 Å². The van der Waals surface area contributed by atoms with Crippen LogP contribution in [-0.2, 0) is 16.0 Å². The maximum atomic E-state index is 5.65. The molecule has 0 aromatic carbocycles. The number of rotatable bonds is 12. The summed E-state index contributed by atoms with van der Waals surface area (Å²) in [6.45, 7) is 8.53. The molecule has 0 unspecified atom stereocenters. The molecule has 0 fully saturated rings. The highest BCUT2D eigenvalue weighted by Crippen LogP contribution is 2.12. The highest BCUT2D eigenvalue weighted by atomic mass is 16.5. The van der Waals surface area contributed by atoms with Gasteiger partial charge in [-0.2, -0.15) is 0 Å². The molecule has 0 saturated heterocycles. The second-order valence-corrected chi connectivity index (χ2v) is 4.94. The summed E-state index contributed by atoms with van der Waals surface area (Å²) in [7, 11) is 1.69. The molecule has 120 valence electrons. The molecule has 5 nitrogen and oxygen atoms in total. The van der Waals surface area contributed by atoms with Gasteiger partial charge in [0.25, 0.3) is 0 Å². The Bertz CT molecular complexity index is 386. The van der Waals surface area contributed by atoms with Crippen LogP contribution in [0.1, 0.15) is 31.0 Å². The Balaban J connectivity index is 2.27. The third-order valence-electron chi connectivity index (χ3n) is 2.86. The Hall–Kier alpha value is -1.17. The number of nitrogens with one attached hydrogen (secondary N) is 1. The first kappa shape index (κ1) is 17.9. The molecule has 1 N–H and O–H groups in total. The van der Waals surface area contributed by atoms with E-state index >= 15 is 0 Å². The monoisotopic (exact) mass is 296 g/mol. The maximum Gasteiger partial charge on any atom is 0.213 e. The molecule has 1 aromatic heterocycles. The molecule has 0 aliphatic heterocycles. The predicted octanol–water partition coefficient (Wildman–Crippen LogP) is 2.32. The fraction of sp³-hybridized carbons (Fsp3) is 0.688. The summed E-state index contributed by atoms with van der Waals surface area (Å²) in [6.07, 6.45) is 2.04. The third kappa shape index (κ3) is 8.65. The molecular weight excluding hydrogens is 268 g/mol. The summed E-state index contributed by atoms with van der Waals surface area (Å²) >= 11 is 0. The van der Waals surface area contributed by atoms with E-state index in [0.29, 0.717) is 25.7 Å². The average molecular weight is 296 g/mol. The minimum atomic E-state index is 0.519. The van der Waals surface area contributed by atoms with Crippen LogP contribution < -0.4 is 10.1 Å². The summed E-state index contributed by atoms with van der Waals surface area (Å²) in [6, 6.07) is 4.07. The van der Waals surface area contributed by atoms with E-state index in [1.54, 1.807) is 7.11 Å². The zero-order valence-corrected chi connectivity index (χ0v) is 13.5. The molecule has 21 heavy (non-hydrogen) atoms. The second kappa shape index (κ2) is 11.5. The highest BCUT2D eigenvalue weighted by Gasteiger charge is 2.01. The van der Waals surface area contributed by atoms with E-state index in [1.165, 1.54) is 5.56 Å². The van der Waals surface area contributed by atoms with Crippen LogP contribution in [-0.4, -0.2) is 45.1 Å². The lowest BCUT2D eigenvalue weighted by molar-refractivity contribution is 0.0795. The topological polar surface area (TPSA) is 52.6 Å². The summed E-state index contributed by atoms with van der Waals surface area (Å²) in [5.74, 6) is 0.670. The van der Waals surface area contributed by atoms with Crippen molar-refractivity contribution >= 4 is 0 Å². The quantitative estimate of drug-likeness (QED) is 0.600. The number of hydrogen-bond acceptors (Lipinski definition) is 5. The Labute approximate surface area is 128 Å². The molecule has 0 aliphatic rings. The fourth-order valence-corrected chi connectivity index (χ4v) is 1.90. The molecule has 1 heterocycles. The Morgan fingerprint density at radius 2 is 2.00 bits per heavy atom. The molecule has 0 atom stereocenters. The first-order valence-electron chi connectivity index (χ1n) is 7.64. The number of methoxy groups -OCH3 is 1. The van der Waals surface area contributed by atoms with Gasteiger partial charge in [-0.3, -0.25) is 0 Å². The molecule has 0 aliphatic carbocycles. The first-order chi connectivity index (χ1) is 10.3. The van der Waals surface area contributed by atoms with Gasteiger partial charge in [-0.15, -0.1) is 0 Å². The van der Waals surface area contributed by atoms with Crippen LogP contribution in [0.2, 0.25) is 0 Å². The molecule has 1 aromatic rings. The molecule has 0 radical (unpaired) electrons. The van der Waals surface area contributed by atoms with Gasteiger partial charge < -0.3 is 19.5 Å². The van der Waals surface area contributed by atoms with E-state index < -0.39 is 0 Å². The predicted molar refractivity (Wildman–Crippen MR) is 83.8 cm³/mol. The molecule has 5 heteroatoms. The van der Waals surface area contributed by atoms with Crippen molar-refractivity contribution in [1.29, 1.82) is 0 Å². The zero-order chi connectivity index (χ0) is 15.3. The average Bonchev–Trinajstić information content (AvgIpc) is 2.46. The van der Waals surface area contributed by atoms with Crippen LogP contribution in [0.15, 0.2) is 12.1 Å². The van der Waals surface area contributed by atoms with E-state index in [9.17, 15) is 0 Å². The molecule has 0 saturated carbocycles. The van der Waals surface area contributed by atoms with Gasteiger partial charge >= 0.3 is 0 Å². The van der Waals surface area contributed by atoms with E-state index in [0.717, 1.165) is 38.2 Å². The van der Waals surface area contributed by atoms with Crippen molar-refractivity contribution < 1.29 is 14.2 Å². The van der Waals surface area contributed by atoms with E-state index in [4.69, 9.17) is 14.2 Å². The summed E-state index contributed by atoms with van der Waals surface area (Å²) < 4.78 is 16.1. The molecular formula is C16H28N2O3. The van der Waals surface area contributed by atoms with Crippen molar-refractivity contribution in [2.24, 2.45) is 0 Å². The Morgan fingerprint density at radius 3 is 2.76 bits per heavy atom. The maximum absolute atomic E-state index is 5.65. The van der Waals surface area contributed by atoms with Gasteiger partial charge in [0.15, 0.2) is 0 Å². The van der Waals surface area contributed by atoms with E-state index in [-0.39, 0.29) is 0 Å². The minimum absolute atomic E-state index is 0.519. The number of hydrogen-bond donors (Lipinski definition) is 1. The van der Waals surface area contributed by atoms with Crippen molar-refractivity contribution in [2.45, 2.75) is 33.2 Å². The van der Waals surface area contributed by atoms with Crippen LogP contribution in [0.4, 0.5) is 0 Å². The van der Waals surface area contributed by atoms with Gasteiger partial charge in [0, 0.05) is 38.6 Å². The van der Waals surface area contributed by atoms with Crippen LogP contribution >= 0.6 is 0 Å². The SMILES string of the molecule is CCCNCc1cc(C)nc(OCCOCCCOC)c1. The number of pyridine rings is 1. The lowest BCUT2D eigenvalue weighted by Gasteiger charge is -2.10. The van der Waals surface area contributed by atoms with Gasteiger partial charge in [-0.25, -0.2) is 4.98 Å². The van der Waals surface area contributed by atoms with Crippen molar-refractivity contribution in [3.63, 3.8) is 0 Å². The summed E-state index contributed by atoms with van der Waals surface area (Å²) in [5, 5.41) is 3.38. The number of nitrogens with zero attached hydrogens (tertiary/aromatic N) is 1. The number of aryl methyl sites for hydroxylation is 1. The highest BCUT2D eigenvalue weighted by molar-refractivity contribution is 5.24. The Kier molecular flexibility index (Phi) is 9.78. The zero-order valence-electron chi connectivity index (χ0n) is 13.5. The van der Waals surface area contributed by atoms with Crippen LogP contribution in [0.3, 0.4) is 0 Å². The van der Waals surface area contributed by atoms with E-state index in [1.807, 2.05) is 13.0 Å². The van der Waals surface area contributed by atoms with Gasteiger partial charge in [-0.1, -0.05) is 6.92 Å². The van der Waals surface area contributed by atoms with Gasteiger partial charge in [0.05, 0.1) is 6.61 Å². The summed E-state index contributed by atoms with van der Waals surface area (Å²) in [4.78, 5) is 4.38. The van der Waals surface area contributed by atoms with Gasteiger partial charge in [-0.05, 0) is 37.9 Å². The second-order valence-electron chi connectivity index (χ2n) is 4.94. The smallest absolute Gasteiger partial charge is 0.213 e. The molecule has 0 bridgehead atoms. The van der Waals surface area contributed by atoms with Crippen molar-refractivity contribution in [3.05, 3.63) is 23.4 Å². The molecule has 0 amide bonds. The normalized spacial score (nSPS) is 10.8. The minimum Gasteiger partial charge on any atom is -0.475 e. The number of aromatic nitrogens is 1. The van der Waals surface area contributed by atoms with Gasteiger partial charge in [0.1, 0.15) is 6.61 Å². The van der Waals surface area contributed by atoms with Crippen molar-refractivity contribution in [3.8, 4) is 5.88 Å². The Morgan fingerprint density at radius 1 is 1.14 bits per heavy atom. The first-order valence-corrected chi connectivity index (χ1v) is 7.64. The van der Waals surface area contributed by atoms with Crippen molar-refractivity contribution in [1.82, 2.24) is 10.3 Å². The molecule has 1 rings (SSSR count). The lowest BCUT2D eigenvalue weighted by atomic mass is 10.2.